The molecule has 1 heterocycles. The number of nitrogens with one attached hydrogen (secondary N) is 4. The van der Waals surface area contributed by atoms with Crippen LogP contribution in [0.5, 0.6) is 0 Å². The van der Waals surface area contributed by atoms with Gasteiger partial charge in [-0.1, -0.05) is 18.2 Å². The van der Waals surface area contributed by atoms with Gasteiger partial charge in [-0.25, -0.2) is 0 Å². The summed E-state index contributed by atoms with van der Waals surface area (Å²) in [5.41, 5.74) is 7.30. The zero-order valence-electron chi connectivity index (χ0n) is 14.6. The minimum atomic E-state index is -0.946. The Bertz CT molecular complexity index is 797. The van der Waals surface area contributed by atoms with Crippen LogP contribution >= 0.6 is 0 Å². The summed E-state index contributed by atoms with van der Waals surface area (Å²) in [6, 6.07) is 9.26. The van der Waals surface area contributed by atoms with Crippen molar-refractivity contribution in [2.45, 2.75) is 12.6 Å². The lowest BCUT2D eigenvalue weighted by molar-refractivity contribution is -0.127. The number of anilines is 1. The number of nitrogens with two attached hydrogens (primary N) is 1. The van der Waals surface area contributed by atoms with Crippen LogP contribution in [0, 0.1) is 5.41 Å². The monoisotopic (exact) mass is 370 g/mol. The lowest BCUT2D eigenvalue weighted by Crippen LogP contribution is -2.45. The number of hydrogen-bond donors (Lipinski definition) is 6. The van der Waals surface area contributed by atoms with Crippen molar-refractivity contribution in [3.63, 3.8) is 0 Å². The Morgan fingerprint density at radius 2 is 2.04 bits per heavy atom. The van der Waals surface area contributed by atoms with Gasteiger partial charge >= 0.3 is 0 Å². The Kier molecular flexibility index (Phi) is 7.26. The maximum absolute atomic E-state index is 12.2. The van der Waals surface area contributed by atoms with Crippen LogP contribution in [0.15, 0.2) is 48.8 Å². The summed E-state index contributed by atoms with van der Waals surface area (Å²) in [4.78, 5) is 28.0. The van der Waals surface area contributed by atoms with E-state index >= 15 is 0 Å². The van der Waals surface area contributed by atoms with Crippen molar-refractivity contribution in [2.75, 3.05) is 18.5 Å². The molecule has 0 aliphatic carbocycles. The molecule has 0 bridgehead atoms. The van der Waals surface area contributed by atoms with Crippen LogP contribution in [0.3, 0.4) is 0 Å². The van der Waals surface area contributed by atoms with E-state index in [9.17, 15) is 14.7 Å². The first-order valence-corrected chi connectivity index (χ1v) is 8.24. The topological polar surface area (TPSA) is 153 Å². The molecule has 2 amide bonds. The SMILES string of the molecule is N=C(N)c1cccc(NC(CO)C(=O)NCC(=O)NCc2cccnc2)c1. The fourth-order valence-electron chi connectivity index (χ4n) is 2.23. The van der Waals surface area contributed by atoms with E-state index in [0.29, 0.717) is 17.8 Å². The molecule has 9 heteroatoms. The number of aliphatic hydroxyl groups is 1. The van der Waals surface area contributed by atoms with Crippen molar-refractivity contribution in [1.29, 1.82) is 5.41 Å². The summed E-state index contributed by atoms with van der Waals surface area (Å²) in [7, 11) is 0. The Morgan fingerprint density at radius 1 is 1.22 bits per heavy atom. The molecule has 1 aromatic heterocycles. The van der Waals surface area contributed by atoms with Gasteiger partial charge in [0.15, 0.2) is 0 Å². The number of nitrogen functional groups attached to an aromatic ring is 1. The average Bonchev–Trinajstić information content (AvgIpc) is 2.69. The molecule has 0 radical (unpaired) electrons. The molecule has 2 aromatic rings. The molecule has 0 spiro atoms. The first kappa shape index (κ1) is 19.9. The fourth-order valence-corrected chi connectivity index (χ4v) is 2.23. The summed E-state index contributed by atoms with van der Waals surface area (Å²) in [5.74, 6) is -0.987. The Hall–Kier alpha value is -3.46. The van der Waals surface area contributed by atoms with E-state index < -0.39 is 18.6 Å². The van der Waals surface area contributed by atoms with Gasteiger partial charge in [-0.3, -0.25) is 20.0 Å². The number of pyridine rings is 1. The number of rotatable bonds is 9. The standard InChI is InChI=1S/C18H22N6O3/c19-17(20)13-4-1-5-14(7-13)24-15(11-25)18(27)23-10-16(26)22-9-12-3-2-6-21-8-12/h1-8,15,24-25H,9-11H2,(H3,19,20)(H,22,26)(H,23,27). The average molecular weight is 370 g/mol. The predicted octanol–water partition coefficient (Wildman–Crippen LogP) is -0.429. The minimum absolute atomic E-state index is 0.103. The Balaban J connectivity index is 1.83. The van der Waals surface area contributed by atoms with Gasteiger partial charge < -0.3 is 26.8 Å². The highest BCUT2D eigenvalue weighted by Gasteiger charge is 2.18. The molecule has 0 aliphatic heterocycles. The van der Waals surface area contributed by atoms with Gasteiger partial charge in [-0.15, -0.1) is 0 Å². The van der Waals surface area contributed by atoms with E-state index in [2.05, 4.69) is 20.9 Å². The van der Waals surface area contributed by atoms with Gasteiger partial charge in [0, 0.05) is 30.2 Å². The number of amides is 2. The maximum atomic E-state index is 12.2. The van der Waals surface area contributed by atoms with Crippen LogP contribution in [0.1, 0.15) is 11.1 Å². The highest BCUT2D eigenvalue weighted by Crippen LogP contribution is 2.11. The predicted molar refractivity (Wildman–Crippen MR) is 101 cm³/mol. The molecular weight excluding hydrogens is 348 g/mol. The van der Waals surface area contributed by atoms with Crippen LogP contribution in [-0.2, 0) is 16.1 Å². The molecule has 0 saturated heterocycles. The molecule has 142 valence electrons. The minimum Gasteiger partial charge on any atom is -0.394 e. The summed E-state index contributed by atoms with van der Waals surface area (Å²) in [6.45, 7) is -0.375. The van der Waals surface area contributed by atoms with E-state index in [4.69, 9.17) is 11.1 Å². The molecular formula is C18H22N6O3. The summed E-state index contributed by atoms with van der Waals surface area (Å²) in [5, 5.41) is 24.9. The number of carbonyl (C=O) groups excluding carboxylic acids is 2. The number of hydrogen-bond acceptors (Lipinski definition) is 6. The molecule has 7 N–H and O–H groups in total. The van der Waals surface area contributed by atoms with E-state index in [1.807, 2.05) is 6.07 Å². The lowest BCUT2D eigenvalue weighted by atomic mass is 10.1. The first-order chi connectivity index (χ1) is 13.0. The number of nitrogens with zero attached hydrogens (tertiary/aromatic N) is 1. The molecule has 9 nitrogen and oxygen atoms in total. The molecule has 27 heavy (non-hydrogen) atoms. The van der Waals surface area contributed by atoms with E-state index in [0.717, 1.165) is 5.56 Å². The molecule has 1 atom stereocenters. The number of amidine groups is 1. The summed E-state index contributed by atoms with van der Waals surface area (Å²) < 4.78 is 0. The first-order valence-electron chi connectivity index (χ1n) is 8.24. The van der Waals surface area contributed by atoms with Crippen LogP contribution in [0.4, 0.5) is 5.69 Å². The zero-order chi connectivity index (χ0) is 19.6. The van der Waals surface area contributed by atoms with Crippen molar-refractivity contribution in [3.05, 3.63) is 59.9 Å². The summed E-state index contributed by atoms with van der Waals surface area (Å²) in [6.07, 6.45) is 3.28. The van der Waals surface area contributed by atoms with Gasteiger partial charge in [0.25, 0.3) is 0 Å². The number of benzene rings is 1. The van der Waals surface area contributed by atoms with Crippen LogP contribution in [0.2, 0.25) is 0 Å². The molecule has 0 aliphatic rings. The van der Waals surface area contributed by atoms with Crippen molar-refractivity contribution in [3.8, 4) is 0 Å². The van der Waals surface area contributed by atoms with Crippen molar-refractivity contribution >= 4 is 23.3 Å². The number of aromatic nitrogens is 1. The molecule has 1 unspecified atom stereocenters. The quantitative estimate of drug-likeness (QED) is 0.260. The zero-order valence-corrected chi connectivity index (χ0v) is 14.6. The second kappa shape index (κ2) is 9.88. The maximum Gasteiger partial charge on any atom is 0.245 e. The van der Waals surface area contributed by atoms with Gasteiger partial charge in [-0.2, -0.15) is 0 Å². The van der Waals surface area contributed by atoms with Crippen molar-refractivity contribution in [2.24, 2.45) is 5.73 Å². The van der Waals surface area contributed by atoms with Gasteiger partial charge in [0.1, 0.15) is 11.9 Å². The molecule has 1 aromatic carbocycles. The second-order valence-electron chi connectivity index (χ2n) is 5.73. The largest absolute Gasteiger partial charge is 0.394 e. The summed E-state index contributed by atoms with van der Waals surface area (Å²) >= 11 is 0. The molecule has 0 saturated carbocycles. The lowest BCUT2D eigenvalue weighted by Gasteiger charge is -2.17. The normalized spacial score (nSPS) is 11.3. The highest BCUT2D eigenvalue weighted by molar-refractivity contribution is 5.96. The number of carbonyl (C=O) groups is 2. The van der Waals surface area contributed by atoms with Gasteiger partial charge in [0.2, 0.25) is 11.8 Å². The third-order valence-electron chi connectivity index (χ3n) is 3.65. The number of aliphatic hydroxyl groups excluding tert-OH is 1. The molecule has 2 rings (SSSR count). The van der Waals surface area contributed by atoms with E-state index in [1.165, 1.54) is 0 Å². The Labute approximate surface area is 156 Å². The Morgan fingerprint density at radius 3 is 2.70 bits per heavy atom. The van der Waals surface area contributed by atoms with E-state index in [-0.39, 0.29) is 18.3 Å². The van der Waals surface area contributed by atoms with Crippen LogP contribution < -0.4 is 21.7 Å². The van der Waals surface area contributed by atoms with E-state index in [1.54, 1.807) is 42.7 Å². The van der Waals surface area contributed by atoms with Gasteiger partial charge in [-0.05, 0) is 23.8 Å². The second-order valence-corrected chi connectivity index (χ2v) is 5.73. The van der Waals surface area contributed by atoms with Crippen LogP contribution in [0.25, 0.3) is 0 Å². The third-order valence-corrected chi connectivity index (χ3v) is 3.65. The van der Waals surface area contributed by atoms with Crippen molar-refractivity contribution in [1.82, 2.24) is 15.6 Å². The third kappa shape index (κ3) is 6.40. The van der Waals surface area contributed by atoms with Crippen LogP contribution in [-0.4, -0.2) is 46.9 Å². The fraction of sp³-hybridized carbons (Fsp3) is 0.222. The van der Waals surface area contributed by atoms with Crippen molar-refractivity contribution < 1.29 is 14.7 Å². The molecule has 0 fully saturated rings. The van der Waals surface area contributed by atoms with Gasteiger partial charge in [0.05, 0.1) is 13.2 Å². The smallest absolute Gasteiger partial charge is 0.245 e. The highest BCUT2D eigenvalue weighted by atomic mass is 16.3.